The van der Waals surface area contributed by atoms with Crippen molar-refractivity contribution in [2.45, 2.75) is 31.5 Å². The minimum absolute atomic E-state index is 0.000354. The van der Waals surface area contributed by atoms with Gasteiger partial charge in [-0.05, 0) is 6.42 Å². The molecular formula is C16H19N3O3S. The van der Waals surface area contributed by atoms with Crippen molar-refractivity contribution in [3.05, 3.63) is 36.0 Å². The van der Waals surface area contributed by atoms with Gasteiger partial charge in [0.1, 0.15) is 11.4 Å². The lowest BCUT2D eigenvalue weighted by Crippen LogP contribution is -2.27. The maximum atomic E-state index is 12.6. The van der Waals surface area contributed by atoms with E-state index >= 15 is 0 Å². The summed E-state index contributed by atoms with van der Waals surface area (Å²) in [7, 11) is -3.40. The molecule has 2 heterocycles. The molecule has 0 spiro atoms. The van der Waals surface area contributed by atoms with E-state index in [-0.39, 0.29) is 23.4 Å². The summed E-state index contributed by atoms with van der Waals surface area (Å²) in [5, 5.41) is 2.86. The second kappa shape index (κ2) is 6.16. The fraction of sp³-hybridized carbons (Fsp3) is 0.375. The molecule has 0 radical (unpaired) electrons. The van der Waals surface area contributed by atoms with Gasteiger partial charge in [0.25, 0.3) is 5.91 Å². The zero-order chi connectivity index (χ0) is 16.4. The Morgan fingerprint density at radius 3 is 2.74 bits per heavy atom. The lowest BCUT2D eigenvalue weighted by molar-refractivity contribution is 0.0944. The summed E-state index contributed by atoms with van der Waals surface area (Å²) in [6.07, 6.45) is 1.86. The summed E-state index contributed by atoms with van der Waals surface area (Å²) >= 11 is 0. The number of nitrogens with one attached hydrogen (secondary N) is 1. The molecule has 6 nitrogen and oxygen atoms in total. The first kappa shape index (κ1) is 15.7. The third-order valence-corrected chi connectivity index (χ3v) is 5.46. The van der Waals surface area contributed by atoms with Crippen LogP contribution in [-0.2, 0) is 16.4 Å². The van der Waals surface area contributed by atoms with Crippen molar-refractivity contribution in [1.29, 1.82) is 0 Å². The summed E-state index contributed by atoms with van der Waals surface area (Å²) in [5.74, 6) is -0.271. The van der Waals surface area contributed by atoms with Crippen molar-refractivity contribution in [2.75, 3.05) is 12.3 Å². The first-order valence-corrected chi connectivity index (χ1v) is 9.36. The Labute approximate surface area is 135 Å². The van der Waals surface area contributed by atoms with Crippen molar-refractivity contribution in [1.82, 2.24) is 14.9 Å². The number of carbonyl (C=O) groups excluding carboxylic acids is 1. The number of sulfone groups is 1. The number of nitrogens with zero attached hydrogens (tertiary/aromatic N) is 2. The van der Waals surface area contributed by atoms with Crippen molar-refractivity contribution in [2.24, 2.45) is 0 Å². The second-order valence-electron chi connectivity index (χ2n) is 5.54. The normalized spacial score (nSPS) is 15.3. The Balaban J connectivity index is 2.08. The third kappa shape index (κ3) is 2.88. The molecule has 1 N–H and O–H groups in total. The zero-order valence-corrected chi connectivity index (χ0v) is 13.8. The van der Waals surface area contributed by atoms with Crippen LogP contribution in [0.4, 0.5) is 0 Å². The van der Waals surface area contributed by atoms with E-state index in [0.717, 1.165) is 18.4 Å². The largest absolute Gasteiger partial charge is 0.351 e. The average Bonchev–Trinajstić information content (AvgIpc) is 3.06. The van der Waals surface area contributed by atoms with Gasteiger partial charge in [0.15, 0.2) is 0 Å². The van der Waals surface area contributed by atoms with Crippen LogP contribution in [-0.4, -0.2) is 36.2 Å². The van der Waals surface area contributed by atoms with Crippen LogP contribution in [0.15, 0.2) is 35.5 Å². The van der Waals surface area contributed by atoms with E-state index in [1.165, 1.54) is 4.57 Å². The number of imidazole rings is 1. The highest BCUT2D eigenvalue weighted by Gasteiger charge is 2.35. The Kier molecular flexibility index (Phi) is 4.21. The molecule has 0 unspecified atom stereocenters. The predicted molar refractivity (Wildman–Crippen MR) is 87.0 cm³/mol. The van der Waals surface area contributed by atoms with Crippen LogP contribution >= 0.6 is 0 Å². The first-order valence-electron chi connectivity index (χ1n) is 7.71. The molecule has 1 aromatic carbocycles. The van der Waals surface area contributed by atoms with Gasteiger partial charge in [-0.1, -0.05) is 43.7 Å². The molecule has 1 aliphatic heterocycles. The molecule has 7 heteroatoms. The molecule has 122 valence electrons. The average molecular weight is 333 g/mol. The molecule has 0 bridgehead atoms. The quantitative estimate of drug-likeness (QED) is 0.847. The van der Waals surface area contributed by atoms with E-state index in [2.05, 4.69) is 10.3 Å². The molecule has 3 rings (SSSR count). The molecule has 2 aromatic rings. The molecule has 0 atom stereocenters. The van der Waals surface area contributed by atoms with E-state index < -0.39 is 9.84 Å². The summed E-state index contributed by atoms with van der Waals surface area (Å²) in [5.41, 5.74) is 1.51. The SMILES string of the molecule is CCCCNC(=O)c1c(-c2ccccc2)nc2n1CCS2(=O)=O. The molecule has 1 amide bonds. The van der Waals surface area contributed by atoms with Crippen LogP contribution in [0.25, 0.3) is 11.3 Å². The smallest absolute Gasteiger partial charge is 0.270 e. The summed E-state index contributed by atoms with van der Waals surface area (Å²) in [6, 6.07) is 9.20. The second-order valence-corrected chi connectivity index (χ2v) is 7.54. The molecule has 0 saturated heterocycles. The highest BCUT2D eigenvalue weighted by atomic mass is 32.2. The van der Waals surface area contributed by atoms with E-state index in [1.54, 1.807) is 0 Å². The molecule has 23 heavy (non-hydrogen) atoms. The summed E-state index contributed by atoms with van der Waals surface area (Å²) in [6.45, 7) is 2.88. The standard InChI is InChI=1S/C16H19N3O3S/c1-2-3-9-17-15(20)14-13(12-7-5-4-6-8-12)18-16-19(14)10-11-23(16,21)22/h4-8H,2-3,9-11H2,1H3,(H,17,20). The minimum Gasteiger partial charge on any atom is -0.351 e. The Hall–Kier alpha value is -2.15. The highest BCUT2D eigenvalue weighted by molar-refractivity contribution is 7.91. The summed E-state index contributed by atoms with van der Waals surface area (Å²) < 4.78 is 25.8. The van der Waals surface area contributed by atoms with Gasteiger partial charge >= 0.3 is 0 Å². The fourth-order valence-electron chi connectivity index (χ4n) is 2.67. The predicted octanol–water partition coefficient (Wildman–Crippen LogP) is 1.87. The van der Waals surface area contributed by atoms with E-state index in [9.17, 15) is 13.2 Å². The van der Waals surface area contributed by atoms with E-state index in [1.807, 2.05) is 37.3 Å². The molecule has 0 aliphatic carbocycles. The van der Waals surface area contributed by atoms with Gasteiger partial charge in [0, 0.05) is 18.7 Å². The van der Waals surface area contributed by atoms with Crippen LogP contribution in [0.3, 0.4) is 0 Å². The molecule has 0 fully saturated rings. The number of hydrogen-bond donors (Lipinski definition) is 1. The van der Waals surface area contributed by atoms with Crippen molar-refractivity contribution >= 4 is 15.7 Å². The highest BCUT2D eigenvalue weighted by Crippen LogP contribution is 2.30. The van der Waals surface area contributed by atoms with Gasteiger partial charge in [-0.2, -0.15) is 0 Å². The summed E-state index contributed by atoms with van der Waals surface area (Å²) in [4.78, 5) is 16.9. The number of aromatic nitrogens is 2. The monoisotopic (exact) mass is 333 g/mol. The van der Waals surface area contributed by atoms with Crippen LogP contribution < -0.4 is 5.32 Å². The van der Waals surface area contributed by atoms with Crippen LogP contribution in [0.2, 0.25) is 0 Å². The Bertz CT molecular complexity index is 826. The molecule has 1 aliphatic rings. The Morgan fingerprint density at radius 1 is 1.30 bits per heavy atom. The lowest BCUT2D eigenvalue weighted by Gasteiger charge is -2.08. The minimum atomic E-state index is -3.40. The zero-order valence-electron chi connectivity index (χ0n) is 12.9. The van der Waals surface area contributed by atoms with E-state index in [4.69, 9.17) is 0 Å². The molecule has 0 saturated carbocycles. The van der Waals surface area contributed by atoms with E-state index in [0.29, 0.717) is 17.9 Å². The van der Waals surface area contributed by atoms with Crippen LogP contribution in [0.5, 0.6) is 0 Å². The number of amides is 1. The maximum Gasteiger partial charge on any atom is 0.270 e. The number of fused-ring (bicyclic) bond motifs is 1. The Morgan fingerprint density at radius 2 is 2.04 bits per heavy atom. The number of benzene rings is 1. The first-order chi connectivity index (χ1) is 11.0. The molecule has 1 aromatic heterocycles. The third-order valence-electron chi connectivity index (χ3n) is 3.87. The van der Waals surface area contributed by atoms with Gasteiger partial charge in [0.05, 0.1) is 5.75 Å². The number of rotatable bonds is 5. The van der Waals surface area contributed by atoms with Gasteiger partial charge in [0.2, 0.25) is 15.0 Å². The topological polar surface area (TPSA) is 81.1 Å². The van der Waals surface area contributed by atoms with Gasteiger partial charge in [-0.15, -0.1) is 0 Å². The number of unbranched alkanes of at least 4 members (excludes halogenated alkanes) is 1. The van der Waals surface area contributed by atoms with Gasteiger partial charge in [-0.3, -0.25) is 4.79 Å². The fourth-order valence-corrected chi connectivity index (χ4v) is 4.02. The number of hydrogen-bond acceptors (Lipinski definition) is 4. The van der Waals surface area contributed by atoms with Crippen molar-refractivity contribution in [3.8, 4) is 11.3 Å². The van der Waals surface area contributed by atoms with Crippen LogP contribution in [0, 0.1) is 0 Å². The van der Waals surface area contributed by atoms with Crippen molar-refractivity contribution < 1.29 is 13.2 Å². The number of carbonyl (C=O) groups is 1. The lowest BCUT2D eigenvalue weighted by atomic mass is 10.1. The van der Waals surface area contributed by atoms with Crippen LogP contribution in [0.1, 0.15) is 30.3 Å². The van der Waals surface area contributed by atoms with Gasteiger partial charge < -0.3 is 9.88 Å². The maximum absolute atomic E-state index is 12.6. The van der Waals surface area contributed by atoms with Gasteiger partial charge in [-0.25, -0.2) is 13.4 Å². The molecular weight excluding hydrogens is 314 g/mol. The van der Waals surface area contributed by atoms with Crippen molar-refractivity contribution in [3.63, 3.8) is 0 Å².